The molecule has 556 valence electrons. The zero-order chi connectivity index (χ0) is 73.8. The number of hydrogen-bond acceptors (Lipinski definition) is 23. The number of nitriles is 4. The van der Waals surface area contributed by atoms with Crippen molar-refractivity contribution in [2.75, 3.05) is 103 Å². The summed E-state index contributed by atoms with van der Waals surface area (Å²) in [5.41, 5.74) is 30.7. The predicted octanol–water partition coefficient (Wildman–Crippen LogP) is 5.01. The highest BCUT2D eigenvalue weighted by Crippen LogP contribution is 2.36. The van der Waals surface area contributed by atoms with E-state index in [-0.39, 0.29) is 72.0 Å². The lowest BCUT2D eigenvalue weighted by atomic mass is 10.0. The summed E-state index contributed by atoms with van der Waals surface area (Å²) in [7, 11) is 0. The number of morpholine rings is 1. The van der Waals surface area contributed by atoms with Gasteiger partial charge in [0.05, 0.1) is 85.9 Å². The molecule has 12 heterocycles. The van der Waals surface area contributed by atoms with E-state index in [4.69, 9.17) is 32.8 Å². The fraction of sp³-hybridized carbons (Fsp3) is 0.506. The van der Waals surface area contributed by atoms with Crippen LogP contribution in [0.4, 0.5) is 0 Å². The van der Waals surface area contributed by atoms with Crippen LogP contribution in [0.25, 0.3) is 0 Å². The van der Waals surface area contributed by atoms with E-state index in [9.17, 15) is 40.2 Å². The van der Waals surface area contributed by atoms with Gasteiger partial charge in [-0.05, 0) is 124 Å². The molecule has 0 radical (unpaired) electrons. The lowest BCUT2D eigenvalue weighted by Crippen LogP contribution is -2.59. The summed E-state index contributed by atoms with van der Waals surface area (Å²) >= 11 is 1.83. The van der Waals surface area contributed by atoms with Crippen molar-refractivity contribution in [2.24, 2.45) is 28.0 Å². The first-order valence-electron chi connectivity index (χ1n) is 37.8. The SMILES string of the molecule is N#Cc1ccccc1CN1C(=O)C2CCCN2C=C1N1CCC[C@@H](N)C1.N#Cc1ccccc1CN1C(=O)C2CCCN2N=C1N1CCC[C@@H](N)C1.N#Cc1ccccc1CN1C(=O)C2COCCN2C=C1N1CCC[C@@H](N)C1.N#Cc1ccccc1CN1C(=O)C2CSCCN2C=C1N1CCC[C@@H](N)C1. The Kier molecular flexibility index (Phi) is 24.3. The highest BCUT2D eigenvalue weighted by Gasteiger charge is 2.45. The third-order valence-electron chi connectivity index (χ3n) is 22.1. The molecule has 4 aromatic carbocycles. The number of benzene rings is 4. The number of thioether (sulfide) groups is 1. The number of rotatable bonds is 11. The van der Waals surface area contributed by atoms with E-state index < -0.39 is 0 Å². The third-order valence-corrected chi connectivity index (χ3v) is 23.2. The molecule has 8 fully saturated rings. The molecule has 12 aliphatic rings. The van der Waals surface area contributed by atoms with Crippen LogP contribution >= 0.6 is 11.8 Å². The van der Waals surface area contributed by atoms with E-state index in [1.54, 1.807) is 17.0 Å². The third kappa shape index (κ3) is 16.9. The smallest absolute Gasteiger partial charge is 0.254 e. The van der Waals surface area contributed by atoms with Gasteiger partial charge in [0.1, 0.15) is 41.6 Å². The quantitative estimate of drug-likeness (QED) is 0.153. The molecule has 27 heteroatoms. The Morgan fingerprint density at radius 2 is 0.764 bits per heavy atom. The van der Waals surface area contributed by atoms with Crippen molar-refractivity contribution in [3.8, 4) is 24.3 Å². The standard InChI is InChI=1S/C20H25N5O2.C20H25N5OS.C20H25N5O.C19H24N6O/c2*21-10-15-4-1-2-5-16(15)11-25-19(24-7-3-6-17(22)12-24)13-23-8-9-27-14-18(23)20(25)26;21-11-15-5-1-2-6-16(15)12-25-19(24-10-3-7-17(22)13-24)14-23-9-4-8-18(23)20(25)26;20-11-14-5-1-2-6-15(14)12-24-18(26)17-8-4-10-25(17)22-19(24)23-9-3-7-16(21)13-23/h2*1-2,4-5,13,17-18H,3,6-9,11-12,14,22H2;1-2,5-6,14,17-18H,3-4,7-10,12-13,22H2;1-2,5-6,16-17H,3-4,7-10,12-13,21H2/t3*17-,18?;16-,17?/m1111/s1. The molecule has 8 N–H and O–H groups in total. The lowest BCUT2D eigenvalue weighted by molar-refractivity contribution is -0.144. The number of amides is 4. The van der Waals surface area contributed by atoms with Gasteiger partial charge in [0.2, 0.25) is 5.96 Å². The minimum atomic E-state index is -0.296. The molecule has 0 bridgehead atoms. The number of nitrogens with zero attached hydrogens (tertiary/aromatic N) is 17. The lowest BCUT2D eigenvalue weighted by Gasteiger charge is -2.47. The highest BCUT2D eigenvalue weighted by atomic mass is 32.2. The minimum absolute atomic E-state index is 0.0269. The highest BCUT2D eigenvalue weighted by molar-refractivity contribution is 7.99. The van der Waals surface area contributed by atoms with Crippen LogP contribution in [-0.4, -0.2) is 240 Å². The van der Waals surface area contributed by atoms with Gasteiger partial charge in [-0.25, -0.2) is 0 Å². The van der Waals surface area contributed by atoms with Gasteiger partial charge in [-0.2, -0.15) is 32.8 Å². The second kappa shape index (κ2) is 34.6. The summed E-state index contributed by atoms with van der Waals surface area (Å²) in [4.78, 5) is 75.8. The van der Waals surface area contributed by atoms with Crippen LogP contribution in [0, 0.1) is 45.3 Å². The zero-order valence-electron chi connectivity index (χ0n) is 60.6. The average molecular weight is 1450 g/mol. The number of hydrazone groups is 1. The number of carbonyl (C=O) groups is 4. The molecule has 0 spiro atoms. The summed E-state index contributed by atoms with van der Waals surface area (Å²) in [6.07, 6.45) is 18.3. The van der Waals surface area contributed by atoms with Crippen LogP contribution in [-0.2, 0) is 50.1 Å². The molecule has 106 heavy (non-hydrogen) atoms. The van der Waals surface area contributed by atoms with Gasteiger partial charge in [-0.15, -0.1) is 5.10 Å². The fourth-order valence-corrected chi connectivity index (χ4v) is 17.6. The Balaban J connectivity index is 0.000000125. The monoisotopic (exact) mass is 1450 g/mol. The van der Waals surface area contributed by atoms with Gasteiger partial charge in [-0.1, -0.05) is 72.8 Å². The van der Waals surface area contributed by atoms with Gasteiger partial charge in [0.15, 0.2) is 0 Å². The van der Waals surface area contributed by atoms with Gasteiger partial charge < -0.3 is 62.0 Å². The van der Waals surface area contributed by atoms with Crippen LogP contribution in [0.15, 0.2) is 138 Å². The predicted molar refractivity (Wildman–Crippen MR) is 402 cm³/mol. The molecule has 8 saturated heterocycles. The molecule has 4 unspecified atom stereocenters. The Morgan fingerprint density at radius 3 is 1.22 bits per heavy atom. The van der Waals surface area contributed by atoms with Crippen molar-refractivity contribution < 1.29 is 23.9 Å². The Morgan fingerprint density at radius 1 is 0.406 bits per heavy atom. The Bertz CT molecular complexity index is 3900. The van der Waals surface area contributed by atoms with Crippen LogP contribution in [0.2, 0.25) is 0 Å². The first kappa shape index (κ1) is 74.4. The van der Waals surface area contributed by atoms with Gasteiger partial charge in [0, 0.05) is 133 Å². The summed E-state index contributed by atoms with van der Waals surface area (Å²) in [5, 5.41) is 44.4. The van der Waals surface area contributed by atoms with Crippen LogP contribution in [0.5, 0.6) is 0 Å². The van der Waals surface area contributed by atoms with Gasteiger partial charge in [-0.3, -0.25) is 43.8 Å². The first-order chi connectivity index (χ1) is 51.7. The molecule has 0 saturated carbocycles. The van der Waals surface area contributed by atoms with E-state index in [0.717, 1.165) is 194 Å². The molecular weight excluding hydrogens is 1360 g/mol. The molecule has 12 aliphatic heterocycles. The summed E-state index contributed by atoms with van der Waals surface area (Å²) < 4.78 is 5.55. The molecule has 16 rings (SSSR count). The van der Waals surface area contributed by atoms with Crippen molar-refractivity contribution in [3.05, 3.63) is 178 Å². The zero-order valence-corrected chi connectivity index (χ0v) is 61.4. The topological polar surface area (TPSA) is 328 Å². The van der Waals surface area contributed by atoms with Crippen molar-refractivity contribution in [1.29, 1.82) is 21.0 Å². The number of likely N-dealkylation sites (tertiary alicyclic amines) is 4. The number of nitrogens with two attached hydrogens (primary N) is 4. The Labute approximate surface area is 626 Å². The first-order valence-corrected chi connectivity index (χ1v) is 39.0. The maximum Gasteiger partial charge on any atom is 0.254 e. The van der Waals surface area contributed by atoms with Gasteiger partial charge in [0.25, 0.3) is 23.6 Å². The molecular formula is C79H99N21O5S. The minimum Gasteiger partial charge on any atom is -0.377 e. The number of carbonyl (C=O) groups excluding carboxylic acids is 4. The fourth-order valence-electron chi connectivity index (χ4n) is 16.5. The normalized spacial score (nSPS) is 25.7. The van der Waals surface area contributed by atoms with E-state index in [0.29, 0.717) is 80.7 Å². The molecule has 26 nitrogen and oxygen atoms in total. The van der Waals surface area contributed by atoms with Crippen molar-refractivity contribution in [2.45, 2.75) is 152 Å². The van der Waals surface area contributed by atoms with Crippen molar-refractivity contribution in [3.63, 3.8) is 0 Å². The van der Waals surface area contributed by atoms with Crippen molar-refractivity contribution in [1.82, 2.24) is 58.9 Å². The largest absolute Gasteiger partial charge is 0.377 e. The molecule has 4 aromatic rings. The number of ether oxygens (including phenoxy) is 1. The number of fused-ring (bicyclic) bond motifs is 4. The molecule has 0 aromatic heterocycles. The van der Waals surface area contributed by atoms with Crippen molar-refractivity contribution >= 4 is 41.4 Å². The number of guanidine groups is 1. The summed E-state index contributed by atoms with van der Waals surface area (Å²) in [6.45, 7) is 12.6. The van der Waals surface area contributed by atoms with Crippen LogP contribution < -0.4 is 22.9 Å². The molecule has 4 amide bonds. The summed E-state index contributed by atoms with van der Waals surface area (Å²) in [5.74, 6) is 5.71. The summed E-state index contributed by atoms with van der Waals surface area (Å²) in [6, 6.07) is 38.8. The van der Waals surface area contributed by atoms with E-state index in [1.807, 2.05) is 116 Å². The van der Waals surface area contributed by atoms with Crippen LogP contribution in [0.3, 0.4) is 0 Å². The van der Waals surface area contributed by atoms with E-state index in [1.165, 1.54) is 0 Å². The molecule has 0 aliphatic carbocycles. The maximum absolute atomic E-state index is 13.4. The second-order valence-corrected chi connectivity index (χ2v) is 30.6. The number of piperidine rings is 4. The number of hydrogen-bond donors (Lipinski definition) is 4. The average Bonchev–Trinajstić information content (AvgIpc) is 0.829. The maximum atomic E-state index is 13.4. The Hall–Kier alpha value is -9.84. The van der Waals surface area contributed by atoms with Crippen LogP contribution in [0.1, 0.15) is 122 Å². The second-order valence-electron chi connectivity index (χ2n) is 29.4. The molecule has 8 atom stereocenters. The van der Waals surface area contributed by atoms with E-state index >= 15 is 0 Å². The van der Waals surface area contributed by atoms with E-state index in [2.05, 4.69) is 77.2 Å². The van der Waals surface area contributed by atoms with Gasteiger partial charge >= 0.3 is 0 Å².